The first-order chi connectivity index (χ1) is 7.67. The molecule has 0 heterocycles. The van der Waals surface area contributed by atoms with E-state index in [9.17, 15) is 5.11 Å². The van der Waals surface area contributed by atoms with Crippen LogP contribution >= 0.6 is 0 Å². The molecule has 0 spiro atoms. The predicted molar refractivity (Wildman–Crippen MR) is 63.8 cm³/mol. The SMILES string of the molecule is COCC(O)CNc1cc(OC)ccc1N. The first-order valence-corrected chi connectivity index (χ1v) is 5.01. The van der Waals surface area contributed by atoms with Crippen LogP contribution in [0.4, 0.5) is 11.4 Å². The highest BCUT2D eigenvalue weighted by Gasteiger charge is 2.05. The lowest BCUT2D eigenvalue weighted by molar-refractivity contribution is 0.0727. The molecule has 4 N–H and O–H groups in total. The van der Waals surface area contributed by atoms with Gasteiger partial charge in [0.1, 0.15) is 5.75 Å². The van der Waals surface area contributed by atoms with Crippen molar-refractivity contribution in [1.82, 2.24) is 0 Å². The number of ether oxygens (including phenoxy) is 2. The number of aliphatic hydroxyl groups excluding tert-OH is 1. The molecule has 0 fully saturated rings. The summed E-state index contributed by atoms with van der Waals surface area (Å²) in [6.07, 6.45) is -0.560. The lowest BCUT2D eigenvalue weighted by Gasteiger charge is -2.14. The summed E-state index contributed by atoms with van der Waals surface area (Å²) in [7, 11) is 3.14. The van der Waals surface area contributed by atoms with Crippen molar-refractivity contribution in [2.45, 2.75) is 6.10 Å². The molecule has 16 heavy (non-hydrogen) atoms. The van der Waals surface area contributed by atoms with Crippen LogP contribution in [-0.2, 0) is 4.74 Å². The molecule has 1 rings (SSSR count). The summed E-state index contributed by atoms with van der Waals surface area (Å²) in [4.78, 5) is 0. The van der Waals surface area contributed by atoms with Gasteiger partial charge in [-0.3, -0.25) is 0 Å². The van der Waals surface area contributed by atoms with E-state index in [1.807, 2.05) is 0 Å². The van der Waals surface area contributed by atoms with Gasteiger partial charge in [-0.15, -0.1) is 0 Å². The minimum absolute atomic E-state index is 0.289. The normalized spacial score (nSPS) is 12.2. The van der Waals surface area contributed by atoms with E-state index in [-0.39, 0.29) is 6.61 Å². The zero-order chi connectivity index (χ0) is 12.0. The quantitative estimate of drug-likeness (QED) is 0.622. The molecule has 1 atom stereocenters. The van der Waals surface area contributed by atoms with Crippen molar-refractivity contribution in [1.29, 1.82) is 0 Å². The number of benzene rings is 1. The summed E-state index contributed by atoms with van der Waals surface area (Å²) in [6, 6.07) is 5.32. The fourth-order valence-electron chi connectivity index (χ4n) is 1.29. The van der Waals surface area contributed by atoms with Crippen LogP contribution in [0.5, 0.6) is 5.75 Å². The Hall–Kier alpha value is -1.46. The lowest BCUT2D eigenvalue weighted by Crippen LogP contribution is -2.24. The molecule has 90 valence electrons. The number of nitrogens with two attached hydrogens (primary N) is 1. The maximum atomic E-state index is 9.47. The number of methoxy groups -OCH3 is 2. The predicted octanol–water partition coefficient (Wildman–Crippen LogP) is 0.697. The zero-order valence-corrected chi connectivity index (χ0v) is 9.56. The molecule has 0 saturated heterocycles. The topological polar surface area (TPSA) is 76.7 Å². The molecule has 0 aromatic heterocycles. The van der Waals surface area contributed by atoms with E-state index >= 15 is 0 Å². The zero-order valence-electron chi connectivity index (χ0n) is 9.56. The van der Waals surface area contributed by atoms with E-state index < -0.39 is 6.10 Å². The highest BCUT2D eigenvalue weighted by atomic mass is 16.5. The number of nitrogen functional groups attached to an aromatic ring is 1. The number of hydrogen-bond donors (Lipinski definition) is 3. The fourth-order valence-corrected chi connectivity index (χ4v) is 1.29. The molecule has 1 aromatic rings. The third-order valence-corrected chi connectivity index (χ3v) is 2.15. The molecule has 0 saturated carbocycles. The van der Waals surface area contributed by atoms with E-state index in [0.717, 1.165) is 11.4 Å². The third kappa shape index (κ3) is 3.60. The van der Waals surface area contributed by atoms with Crippen molar-refractivity contribution in [2.24, 2.45) is 0 Å². The van der Waals surface area contributed by atoms with Crippen molar-refractivity contribution in [3.63, 3.8) is 0 Å². The summed E-state index contributed by atoms with van der Waals surface area (Å²) in [6.45, 7) is 0.669. The third-order valence-electron chi connectivity index (χ3n) is 2.15. The van der Waals surface area contributed by atoms with Crippen LogP contribution in [-0.4, -0.2) is 38.6 Å². The van der Waals surface area contributed by atoms with Crippen LogP contribution < -0.4 is 15.8 Å². The molecule has 1 aromatic carbocycles. The van der Waals surface area contributed by atoms with Gasteiger partial charge in [0.2, 0.25) is 0 Å². The highest BCUT2D eigenvalue weighted by Crippen LogP contribution is 2.24. The number of aliphatic hydroxyl groups is 1. The van der Waals surface area contributed by atoms with E-state index in [2.05, 4.69) is 5.32 Å². The highest BCUT2D eigenvalue weighted by molar-refractivity contribution is 5.68. The van der Waals surface area contributed by atoms with E-state index in [1.165, 1.54) is 0 Å². The average Bonchev–Trinajstić information content (AvgIpc) is 2.28. The van der Waals surface area contributed by atoms with Gasteiger partial charge in [0.05, 0.1) is 31.2 Å². The van der Waals surface area contributed by atoms with Gasteiger partial charge < -0.3 is 25.6 Å². The van der Waals surface area contributed by atoms with Crippen molar-refractivity contribution < 1.29 is 14.6 Å². The number of hydrogen-bond acceptors (Lipinski definition) is 5. The molecule has 0 aliphatic carbocycles. The first kappa shape index (κ1) is 12.6. The van der Waals surface area contributed by atoms with Crippen LogP contribution in [0, 0.1) is 0 Å². The molecular weight excluding hydrogens is 208 g/mol. The van der Waals surface area contributed by atoms with Crippen molar-refractivity contribution in [3.8, 4) is 5.75 Å². The van der Waals surface area contributed by atoms with Crippen molar-refractivity contribution in [3.05, 3.63) is 18.2 Å². The molecular formula is C11H18N2O3. The Morgan fingerprint density at radius 2 is 2.19 bits per heavy atom. The van der Waals surface area contributed by atoms with Crippen LogP contribution in [0.2, 0.25) is 0 Å². The second-order valence-corrected chi connectivity index (χ2v) is 3.44. The molecule has 0 radical (unpaired) electrons. The van der Waals surface area contributed by atoms with E-state index in [4.69, 9.17) is 15.2 Å². The standard InChI is InChI=1S/C11H18N2O3/c1-15-7-8(14)6-13-11-5-9(16-2)3-4-10(11)12/h3-5,8,13-14H,6-7,12H2,1-2H3. The Labute approximate surface area is 95.2 Å². The Kier molecular flexibility index (Phi) is 4.88. The summed E-state index contributed by atoms with van der Waals surface area (Å²) in [5.41, 5.74) is 7.13. The van der Waals surface area contributed by atoms with E-state index in [1.54, 1.807) is 32.4 Å². The summed E-state index contributed by atoms with van der Waals surface area (Å²) < 4.78 is 9.90. The smallest absolute Gasteiger partial charge is 0.121 e. The van der Waals surface area contributed by atoms with Crippen LogP contribution in [0.15, 0.2) is 18.2 Å². The lowest BCUT2D eigenvalue weighted by atomic mass is 10.2. The number of anilines is 2. The van der Waals surface area contributed by atoms with Gasteiger partial charge in [0.15, 0.2) is 0 Å². The Morgan fingerprint density at radius 3 is 2.81 bits per heavy atom. The summed E-state index contributed by atoms with van der Waals surface area (Å²) in [5, 5.41) is 12.5. The molecule has 5 heteroatoms. The van der Waals surface area contributed by atoms with Gasteiger partial charge in [0, 0.05) is 19.7 Å². The van der Waals surface area contributed by atoms with Crippen LogP contribution in [0.25, 0.3) is 0 Å². The second-order valence-electron chi connectivity index (χ2n) is 3.44. The number of nitrogens with one attached hydrogen (secondary N) is 1. The van der Waals surface area contributed by atoms with Gasteiger partial charge >= 0.3 is 0 Å². The number of rotatable bonds is 6. The van der Waals surface area contributed by atoms with Crippen molar-refractivity contribution in [2.75, 3.05) is 38.4 Å². The monoisotopic (exact) mass is 226 g/mol. The summed E-state index contributed by atoms with van der Waals surface area (Å²) in [5.74, 6) is 0.720. The summed E-state index contributed by atoms with van der Waals surface area (Å²) >= 11 is 0. The maximum Gasteiger partial charge on any atom is 0.121 e. The Balaban J connectivity index is 2.58. The van der Waals surface area contributed by atoms with Crippen LogP contribution in [0.3, 0.4) is 0 Å². The molecule has 0 aliphatic rings. The van der Waals surface area contributed by atoms with Crippen molar-refractivity contribution >= 4 is 11.4 Å². The fraction of sp³-hybridized carbons (Fsp3) is 0.455. The van der Waals surface area contributed by atoms with Gasteiger partial charge in [-0.2, -0.15) is 0 Å². The first-order valence-electron chi connectivity index (χ1n) is 5.01. The minimum atomic E-state index is -0.560. The maximum absolute atomic E-state index is 9.47. The Morgan fingerprint density at radius 1 is 1.44 bits per heavy atom. The van der Waals surface area contributed by atoms with Gasteiger partial charge in [-0.1, -0.05) is 0 Å². The molecule has 5 nitrogen and oxygen atoms in total. The second kappa shape index (κ2) is 6.19. The molecule has 0 aliphatic heterocycles. The largest absolute Gasteiger partial charge is 0.497 e. The van der Waals surface area contributed by atoms with Gasteiger partial charge in [-0.05, 0) is 12.1 Å². The van der Waals surface area contributed by atoms with Gasteiger partial charge in [0.25, 0.3) is 0 Å². The Bertz CT molecular complexity index is 331. The average molecular weight is 226 g/mol. The molecule has 0 bridgehead atoms. The molecule has 0 amide bonds. The molecule has 1 unspecified atom stereocenters. The van der Waals surface area contributed by atoms with E-state index in [0.29, 0.717) is 12.2 Å². The minimum Gasteiger partial charge on any atom is -0.497 e. The van der Waals surface area contributed by atoms with Gasteiger partial charge in [-0.25, -0.2) is 0 Å². The van der Waals surface area contributed by atoms with Crippen LogP contribution in [0.1, 0.15) is 0 Å².